The number of hydrogen-bond acceptors (Lipinski definition) is 3. The first kappa shape index (κ1) is 15.1. The van der Waals surface area contributed by atoms with Crippen LogP contribution in [-0.4, -0.2) is 17.8 Å². The Hall–Kier alpha value is -1.97. The second-order valence-corrected chi connectivity index (χ2v) is 4.44. The van der Waals surface area contributed by atoms with Crippen LogP contribution in [0.3, 0.4) is 0 Å². The maximum Gasteiger partial charge on any atom is 0.214 e. The van der Waals surface area contributed by atoms with Gasteiger partial charge in [0.1, 0.15) is 6.29 Å². The molecule has 4 heteroatoms. The van der Waals surface area contributed by atoms with Crippen LogP contribution in [0.1, 0.15) is 37.7 Å². The lowest BCUT2D eigenvalue weighted by Crippen LogP contribution is -2.15. The normalized spacial score (nSPS) is 13.0. The molecule has 4 nitrogen and oxygen atoms in total. The van der Waals surface area contributed by atoms with Gasteiger partial charge in [-0.05, 0) is 12.0 Å². The molecule has 19 heavy (non-hydrogen) atoms. The van der Waals surface area contributed by atoms with Crippen LogP contribution < -0.4 is 0 Å². The number of unbranched alkanes of at least 4 members (excludes halogenated alkanes) is 2. The van der Waals surface area contributed by atoms with Gasteiger partial charge in [0.05, 0.1) is 5.92 Å². The zero-order valence-electron chi connectivity index (χ0n) is 11.1. The van der Waals surface area contributed by atoms with E-state index in [-0.39, 0.29) is 11.5 Å². The first-order chi connectivity index (χ1) is 9.19. The van der Waals surface area contributed by atoms with E-state index < -0.39 is 5.92 Å². The van der Waals surface area contributed by atoms with Crippen molar-refractivity contribution in [3.05, 3.63) is 57.7 Å². The van der Waals surface area contributed by atoms with Crippen LogP contribution in [0.15, 0.2) is 42.0 Å². The number of carbonyl (C=O) groups is 1. The highest BCUT2D eigenvalue weighted by Crippen LogP contribution is 2.24. The number of nitrogens with zero attached hydrogens (tertiary/aromatic N) is 1. The number of allylic oxidation sites excluding steroid dienone is 1. The highest BCUT2D eigenvalue weighted by atomic mass is 16.6. The summed E-state index contributed by atoms with van der Waals surface area (Å²) in [6, 6.07) is 9.16. The second kappa shape index (κ2) is 8.19. The van der Waals surface area contributed by atoms with E-state index in [0.717, 1.165) is 31.1 Å². The summed E-state index contributed by atoms with van der Waals surface area (Å²) in [5.74, 6) is -0.453. The summed E-state index contributed by atoms with van der Waals surface area (Å²) in [5.41, 5.74) is 1.32. The van der Waals surface area contributed by atoms with Gasteiger partial charge in [0.25, 0.3) is 0 Å². The maximum absolute atomic E-state index is 11.2. The summed E-state index contributed by atoms with van der Waals surface area (Å²) in [6.45, 7) is 1.82. The molecule has 0 radical (unpaired) electrons. The number of carbonyl (C=O) groups excluding carboxylic acids is 1. The van der Waals surface area contributed by atoms with E-state index in [1.165, 1.54) is 0 Å². The van der Waals surface area contributed by atoms with Crippen molar-refractivity contribution in [2.24, 2.45) is 0 Å². The number of hydrogen-bond donors (Lipinski definition) is 0. The third-order valence-electron chi connectivity index (χ3n) is 3.01. The zero-order chi connectivity index (χ0) is 14.1. The van der Waals surface area contributed by atoms with Crippen LogP contribution in [0.4, 0.5) is 0 Å². The van der Waals surface area contributed by atoms with E-state index >= 15 is 0 Å². The minimum absolute atomic E-state index is 0.249. The average molecular weight is 261 g/mol. The van der Waals surface area contributed by atoms with Gasteiger partial charge >= 0.3 is 0 Å². The maximum atomic E-state index is 11.2. The van der Waals surface area contributed by atoms with Gasteiger partial charge in [-0.1, -0.05) is 56.2 Å². The van der Waals surface area contributed by atoms with E-state index in [1.54, 1.807) is 0 Å². The predicted octanol–water partition coefficient (Wildman–Crippen LogP) is 3.36. The summed E-state index contributed by atoms with van der Waals surface area (Å²) >= 11 is 0. The van der Waals surface area contributed by atoms with E-state index in [9.17, 15) is 14.9 Å². The molecular weight excluding hydrogens is 242 g/mol. The van der Waals surface area contributed by atoms with Crippen molar-refractivity contribution in [1.82, 2.24) is 0 Å². The molecule has 0 aliphatic rings. The van der Waals surface area contributed by atoms with Crippen molar-refractivity contribution in [3.63, 3.8) is 0 Å². The molecule has 0 aromatic heterocycles. The van der Waals surface area contributed by atoms with Crippen molar-refractivity contribution in [1.29, 1.82) is 0 Å². The fraction of sp³-hybridized carbons (Fsp3) is 0.400. The largest absolute Gasteiger partial charge is 0.298 e. The van der Waals surface area contributed by atoms with E-state index in [0.29, 0.717) is 5.57 Å². The summed E-state index contributed by atoms with van der Waals surface area (Å²) in [5, 5.41) is 10.8. The fourth-order valence-electron chi connectivity index (χ4n) is 1.98. The van der Waals surface area contributed by atoms with Gasteiger partial charge in [-0.3, -0.25) is 14.9 Å². The molecule has 1 aromatic rings. The Kier molecular flexibility index (Phi) is 6.50. The molecule has 0 N–H and O–H groups in total. The molecule has 0 aliphatic carbocycles. The third-order valence-corrected chi connectivity index (χ3v) is 3.01. The zero-order valence-corrected chi connectivity index (χ0v) is 11.1. The molecule has 0 saturated carbocycles. The van der Waals surface area contributed by atoms with Crippen LogP contribution in [0, 0.1) is 10.1 Å². The Bertz CT molecular complexity index is 440. The van der Waals surface area contributed by atoms with Crippen LogP contribution in [0.2, 0.25) is 0 Å². The molecule has 0 fully saturated rings. The van der Waals surface area contributed by atoms with Crippen LogP contribution in [0.5, 0.6) is 0 Å². The van der Waals surface area contributed by atoms with Crippen molar-refractivity contribution in [3.8, 4) is 0 Å². The Labute approximate surface area is 113 Å². The quantitative estimate of drug-likeness (QED) is 0.237. The van der Waals surface area contributed by atoms with E-state index in [2.05, 4.69) is 6.92 Å². The molecule has 102 valence electrons. The number of nitro groups is 1. The Morgan fingerprint density at radius 2 is 2.05 bits per heavy atom. The van der Waals surface area contributed by atoms with Crippen LogP contribution >= 0.6 is 0 Å². The van der Waals surface area contributed by atoms with Crippen molar-refractivity contribution in [2.45, 2.75) is 32.1 Å². The van der Waals surface area contributed by atoms with Gasteiger partial charge in [0, 0.05) is 10.5 Å². The first-order valence-corrected chi connectivity index (χ1v) is 6.51. The lowest BCUT2D eigenvalue weighted by Gasteiger charge is -2.13. The first-order valence-electron chi connectivity index (χ1n) is 6.51. The predicted molar refractivity (Wildman–Crippen MR) is 74.7 cm³/mol. The summed E-state index contributed by atoms with van der Waals surface area (Å²) in [7, 11) is 0. The SMILES string of the molecule is CCCC/C=C(/C=O)C(C[N+](=O)[O-])c1ccccc1. The summed E-state index contributed by atoms with van der Waals surface area (Å²) < 4.78 is 0. The highest BCUT2D eigenvalue weighted by Gasteiger charge is 2.21. The topological polar surface area (TPSA) is 60.2 Å². The minimum atomic E-state index is -0.453. The molecule has 1 atom stereocenters. The van der Waals surface area contributed by atoms with Gasteiger partial charge in [-0.2, -0.15) is 0 Å². The van der Waals surface area contributed by atoms with Gasteiger partial charge < -0.3 is 0 Å². The smallest absolute Gasteiger partial charge is 0.214 e. The molecule has 0 bridgehead atoms. The van der Waals surface area contributed by atoms with E-state index in [1.807, 2.05) is 36.4 Å². The lowest BCUT2D eigenvalue weighted by atomic mass is 9.91. The second-order valence-electron chi connectivity index (χ2n) is 4.44. The fourth-order valence-corrected chi connectivity index (χ4v) is 1.98. The van der Waals surface area contributed by atoms with Crippen LogP contribution in [0.25, 0.3) is 0 Å². The molecule has 0 aliphatic heterocycles. The van der Waals surface area contributed by atoms with Crippen molar-refractivity contribution < 1.29 is 9.72 Å². The molecule has 1 unspecified atom stereocenters. The molecule has 0 amide bonds. The monoisotopic (exact) mass is 261 g/mol. The highest BCUT2D eigenvalue weighted by molar-refractivity contribution is 5.76. The number of aldehydes is 1. The molecular formula is C15H19NO3. The Morgan fingerprint density at radius 1 is 1.37 bits per heavy atom. The Morgan fingerprint density at radius 3 is 2.58 bits per heavy atom. The third kappa shape index (κ3) is 5.04. The van der Waals surface area contributed by atoms with Gasteiger partial charge in [-0.15, -0.1) is 0 Å². The molecule has 1 aromatic carbocycles. The van der Waals surface area contributed by atoms with Crippen molar-refractivity contribution >= 4 is 6.29 Å². The molecule has 0 saturated heterocycles. The Balaban J connectivity index is 2.97. The van der Waals surface area contributed by atoms with E-state index in [4.69, 9.17) is 0 Å². The summed E-state index contributed by atoms with van der Waals surface area (Å²) in [6.07, 6.45) is 5.38. The lowest BCUT2D eigenvalue weighted by molar-refractivity contribution is -0.481. The number of rotatable bonds is 8. The standard InChI is InChI=1S/C15H19NO3/c1-2-3-5-10-14(12-17)15(11-16(18)19)13-8-6-4-7-9-13/h4,6-10,12,15H,2-3,5,11H2,1H3/b14-10-. The molecule has 0 spiro atoms. The summed E-state index contributed by atoms with van der Waals surface area (Å²) in [4.78, 5) is 21.6. The van der Waals surface area contributed by atoms with Gasteiger partial charge in [0.15, 0.2) is 0 Å². The minimum Gasteiger partial charge on any atom is -0.298 e. The molecule has 0 heterocycles. The van der Waals surface area contributed by atoms with Crippen molar-refractivity contribution in [2.75, 3.05) is 6.54 Å². The van der Waals surface area contributed by atoms with Crippen LogP contribution in [-0.2, 0) is 4.79 Å². The average Bonchev–Trinajstić information content (AvgIpc) is 2.42. The molecule has 1 rings (SSSR count). The number of benzene rings is 1. The van der Waals surface area contributed by atoms with Gasteiger partial charge in [0.2, 0.25) is 6.54 Å². The van der Waals surface area contributed by atoms with Gasteiger partial charge in [-0.25, -0.2) is 0 Å².